The van der Waals surface area contributed by atoms with Gasteiger partial charge in [0, 0.05) is 17.0 Å². The molecule has 0 saturated carbocycles. The van der Waals surface area contributed by atoms with Crippen molar-refractivity contribution >= 4 is 35.2 Å². The molecule has 2 saturated heterocycles. The van der Waals surface area contributed by atoms with Crippen LogP contribution >= 0.6 is 11.8 Å². The Morgan fingerprint density at radius 3 is 2.49 bits per heavy atom. The largest absolute Gasteiger partial charge is 0.497 e. The number of fused-ring (bicyclic) bond motifs is 2. The highest BCUT2D eigenvalue weighted by Gasteiger charge is 2.74. The van der Waals surface area contributed by atoms with Crippen LogP contribution in [0.15, 0.2) is 48.6 Å². The lowest BCUT2D eigenvalue weighted by Crippen LogP contribution is -2.57. The van der Waals surface area contributed by atoms with Crippen LogP contribution in [0.4, 0.5) is 5.69 Å². The van der Waals surface area contributed by atoms with Gasteiger partial charge in [-0.05, 0) is 49.6 Å². The van der Waals surface area contributed by atoms with Crippen LogP contribution in [0.3, 0.4) is 0 Å². The van der Waals surface area contributed by atoms with Crippen molar-refractivity contribution in [2.45, 2.75) is 48.8 Å². The maximum atomic E-state index is 14.5. The van der Waals surface area contributed by atoms with Gasteiger partial charge in [0.2, 0.25) is 5.91 Å². The number of carbonyl (C=O) groups is 3. The van der Waals surface area contributed by atoms with E-state index in [4.69, 9.17) is 9.47 Å². The SMILES string of the molecule is COc1ccc(N2CC=C[C@]34S[C@@]5(C)C=CCOC(=O)[C@H]5[C@H]3C(=O)N([C@@H](CO)CC(C)C)C4C2=O)cc1. The number of thioether (sulfide) groups is 1. The van der Waals surface area contributed by atoms with Crippen LogP contribution in [0, 0.1) is 17.8 Å². The molecule has 0 radical (unpaired) electrons. The second-order valence-electron chi connectivity index (χ2n) is 10.8. The zero-order valence-corrected chi connectivity index (χ0v) is 22.4. The Morgan fingerprint density at radius 2 is 1.84 bits per heavy atom. The number of aliphatic hydroxyl groups excluding tert-OH is 1. The number of nitrogens with zero attached hydrogens (tertiary/aromatic N) is 2. The van der Waals surface area contributed by atoms with Gasteiger partial charge >= 0.3 is 5.97 Å². The van der Waals surface area contributed by atoms with Crippen LogP contribution in [-0.2, 0) is 19.1 Å². The molecule has 2 amide bonds. The van der Waals surface area contributed by atoms with Gasteiger partial charge in [0.1, 0.15) is 18.4 Å². The Labute approximate surface area is 221 Å². The highest BCUT2D eigenvalue weighted by atomic mass is 32.2. The number of esters is 1. The van der Waals surface area contributed by atoms with E-state index in [1.807, 2.05) is 57.2 Å². The van der Waals surface area contributed by atoms with Crippen molar-refractivity contribution in [3.63, 3.8) is 0 Å². The van der Waals surface area contributed by atoms with Crippen molar-refractivity contribution in [3.05, 3.63) is 48.6 Å². The number of methoxy groups -OCH3 is 1. The fourth-order valence-corrected chi connectivity index (χ4v) is 8.64. The van der Waals surface area contributed by atoms with Gasteiger partial charge in [-0.15, -0.1) is 11.8 Å². The molecule has 1 aromatic carbocycles. The first-order chi connectivity index (χ1) is 17.7. The van der Waals surface area contributed by atoms with Gasteiger partial charge in [0.15, 0.2) is 0 Å². The van der Waals surface area contributed by atoms with Gasteiger partial charge in [-0.2, -0.15) is 0 Å². The van der Waals surface area contributed by atoms with Crippen LogP contribution in [0.1, 0.15) is 27.2 Å². The smallest absolute Gasteiger partial charge is 0.311 e. The monoisotopic (exact) mass is 526 g/mol. The van der Waals surface area contributed by atoms with Gasteiger partial charge in [0.25, 0.3) is 5.91 Å². The first kappa shape index (κ1) is 25.9. The first-order valence-corrected chi connectivity index (χ1v) is 13.6. The third-order valence-electron chi connectivity index (χ3n) is 7.98. The summed E-state index contributed by atoms with van der Waals surface area (Å²) in [4.78, 5) is 45.3. The molecule has 4 aliphatic heterocycles. The molecule has 198 valence electrons. The van der Waals surface area contributed by atoms with E-state index in [1.54, 1.807) is 29.0 Å². The number of ether oxygens (including phenoxy) is 2. The summed E-state index contributed by atoms with van der Waals surface area (Å²) >= 11 is 1.50. The molecule has 6 atom stereocenters. The van der Waals surface area contributed by atoms with Gasteiger partial charge in [-0.3, -0.25) is 14.4 Å². The minimum Gasteiger partial charge on any atom is -0.497 e. The summed E-state index contributed by atoms with van der Waals surface area (Å²) in [6, 6.07) is 5.83. The van der Waals surface area contributed by atoms with Crippen molar-refractivity contribution in [2.75, 3.05) is 31.8 Å². The van der Waals surface area contributed by atoms with Crippen molar-refractivity contribution in [1.29, 1.82) is 0 Å². The Balaban J connectivity index is 1.65. The van der Waals surface area contributed by atoms with E-state index in [0.717, 1.165) is 0 Å². The van der Waals surface area contributed by atoms with E-state index < -0.39 is 39.4 Å². The molecule has 0 aliphatic carbocycles. The molecule has 4 aliphatic rings. The van der Waals surface area contributed by atoms with Crippen molar-refractivity contribution in [3.8, 4) is 5.75 Å². The molecule has 0 bridgehead atoms. The Morgan fingerprint density at radius 1 is 1.11 bits per heavy atom. The minimum absolute atomic E-state index is 0.166. The molecule has 1 unspecified atom stereocenters. The van der Waals surface area contributed by atoms with Crippen LogP contribution in [0.25, 0.3) is 0 Å². The quantitative estimate of drug-likeness (QED) is 0.450. The molecule has 4 heterocycles. The molecule has 2 fully saturated rings. The molecule has 8 nitrogen and oxygen atoms in total. The zero-order valence-electron chi connectivity index (χ0n) is 21.6. The Hall–Kier alpha value is -2.78. The topological polar surface area (TPSA) is 96.4 Å². The predicted molar refractivity (Wildman–Crippen MR) is 141 cm³/mol. The standard InChI is InChI=1S/C28H34N2O6S/c1-17(2)15-19(16-31)30-23-25(33)29(18-7-9-20(35-4)10-8-18)13-5-12-28(23)21(24(30)32)22-26(34)36-14-6-11-27(22,3)37-28/h5-12,17,19,21-23,31H,13-16H2,1-4H3/t19-,21+,22-,23?,27+,28+/m1/s1. The molecule has 5 rings (SSSR count). The summed E-state index contributed by atoms with van der Waals surface area (Å²) < 4.78 is 9.09. The number of rotatable bonds is 6. The second kappa shape index (κ2) is 9.51. The second-order valence-corrected chi connectivity index (χ2v) is 12.6. The fraction of sp³-hybridized carbons (Fsp3) is 0.536. The number of hydrogen-bond donors (Lipinski definition) is 1. The fourth-order valence-electron chi connectivity index (χ4n) is 6.50. The molecule has 1 N–H and O–H groups in total. The Kier molecular flexibility index (Phi) is 6.64. The molecule has 1 spiro atoms. The first-order valence-electron chi connectivity index (χ1n) is 12.8. The van der Waals surface area contributed by atoms with E-state index in [9.17, 15) is 19.5 Å². The molecular weight excluding hydrogens is 492 g/mol. The number of hydrogen-bond acceptors (Lipinski definition) is 7. The predicted octanol–water partition coefficient (Wildman–Crippen LogP) is 2.81. The van der Waals surface area contributed by atoms with Gasteiger partial charge in [-0.25, -0.2) is 0 Å². The maximum absolute atomic E-state index is 14.5. The normalized spacial score (nSPS) is 33.6. The van der Waals surface area contributed by atoms with E-state index in [2.05, 4.69) is 0 Å². The van der Waals surface area contributed by atoms with Crippen LogP contribution in [-0.4, -0.2) is 76.2 Å². The summed E-state index contributed by atoms with van der Waals surface area (Å²) in [6.07, 6.45) is 8.21. The average Bonchev–Trinajstić information content (AvgIpc) is 3.13. The lowest BCUT2D eigenvalue weighted by Gasteiger charge is -2.40. The van der Waals surface area contributed by atoms with Gasteiger partial charge in [0.05, 0.1) is 36.3 Å². The highest BCUT2D eigenvalue weighted by molar-refractivity contribution is 8.02. The molecule has 0 aromatic heterocycles. The van der Waals surface area contributed by atoms with Gasteiger partial charge < -0.3 is 24.4 Å². The molecular formula is C28H34N2O6S. The van der Waals surface area contributed by atoms with E-state index in [0.29, 0.717) is 24.4 Å². The molecule has 1 aromatic rings. The van der Waals surface area contributed by atoms with Crippen molar-refractivity contribution in [1.82, 2.24) is 4.90 Å². The number of aliphatic hydroxyl groups is 1. The lowest BCUT2D eigenvalue weighted by atomic mass is 9.75. The number of carbonyl (C=O) groups excluding carboxylic acids is 3. The van der Waals surface area contributed by atoms with Crippen LogP contribution < -0.4 is 9.64 Å². The van der Waals surface area contributed by atoms with E-state index >= 15 is 0 Å². The Bertz CT molecular complexity index is 1150. The van der Waals surface area contributed by atoms with Crippen molar-refractivity contribution in [2.24, 2.45) is 17.8 Å². The van der Waals surface area contributed by atoms with Crippen LogP contribution in [0.5, 0.6) is 5.75 Å². The number of benzene rings is 1. The van der Waals surface area contributed by atoms with Crippen LogP contribution in [0.2, 0.25) is 0 Å². The lowest BCUT2D eigenvalue weighted by molar-refractivity contribution is -0.153. The number of amides is 2. The minimum atomic E-state index is -0.972. The average molecular weight is 527 g/mol. The summed E-state index contributed by atoms with van der Waals surface area (Å²) in [5, 5.41) is 10.4. The number of anilines is 1. The highest BCUT2D eigenvalue weighted by Crippen LogP contribution is 2.65. The summed E-state index contributed by atoms with van der Waals surface area (Å²) in [5.74, 6) is -1.56. The number of likely N-dealkylation sites (tertiary alicyclic amines) is 1. The maximum Gasteiger partial charge on any atom is 0.311 e. The third kappa shape index (κ3) is 3.98. The van der Waals surface area contributed by atoms with Gasteiger partial charge in [-0.1, -0.05) is 32.1 Å². The van der Waals surface area contributed by atoms with Crippen molar-refractivity contribution < 1.29 is 29.0 Å². The third-order valence-corrected chi connectivity index (χ3v) is 9.78. The summed E-state index contributed by atoms with van der Waals surface area (Å²) in [5.41, 5.74) is 0.690. The molecule has 9 heteroatoms. The number of cyclic esters (lactones) is 1. The van der Waals surface area contributed by atoms with E-state index in [1.165, 1.54) is 11.8 Å². The van der Waals surface area contributed by atoms with E-state index in [-0.39, 0.29) is 30.9 Å². The zero-order chi connectivity index (χ0) is 26.5. The summed E-state index contributed by atoms with van der Waals surface area (Å²) in [6.45, 7) is 6.23. The summed E-state index contributed by atoms with van der Waals surface area (Å²) in [7, 11) is 1.59. The molecule has 37 heavy (non-hydrogen) atoms.